The number of nitro benzene ring substituents is 1. The van der Waals surface area contributed by atoms with E-state index in [0.29, 0.717) is 24.3 Å². The summed E-state index contributed by atoms with van der Waals surface area (Å²) in [6, 6.07) is 4.98. The molecule has 0 radical (unpaired) electrons. The molecule has 0 aliphatic carbocycles. The lowest BCUT2D eigenvalue weighted by Gasteiger charge is -2.18. The van der Waals surface area contributed by atoms with Gasteiger partial charge in [0.15, 0.2) is 0 Å². The highest BCUT2D eigenvalue weighted by atomic mass is 28.3. The van der Waals surface area contributed by atoms with Crippen molar-refractivity contribution in [3.05, 3.63) is 39.4 Å². The number of nitro groups is 1. The van der Waals surface area contributed by atoms with Crippen molar-refractivity contribution < 1.29 is 28.7 Å². The number of methoxy groups -OCH3 is 1. The molecule has 176 valence electrons. The third-order valence-electron chi connectivity index (χ3n) is 4.72. The van der Waals surface area contributed by atoms with E-state index >= 15 is 0 Å². The SMILES string of the molecule is CCCCCC(COCc1cc([N+](=O)[O-])ccc1C(=O)OCC[Si](C)(C)C)OCOC. The number of nitrogens with zero attached hydrogens (tertiary/aromatic N) is 1. The van der Waals surface area contributed by atoms with E-state index in [0.717, 1.165) is 31.7 Å². The Morgan fingerprint density at radius 2 is 1.97 bits per heavy atom. The number of carbonyl (C=O) groups is 1. The Balaban J connectivity index is 2.80. The standard InChI is InChI=1S/C22H37NO7Si/c1-6-7-8-9-20(30-17-27-2)16-28-15-18-14-19(23(25)26)10-11-21(18)22(24)29-12-13-31(3,4)5/h10-11,14,20H,6-9,12-13,15-17H2,1-5H3. The number of unbranched alkanes of at least 4 members (excludes halogenated alkanes) is 2. The summed E-state index contributed by atoms with van der Waals surface area (Å²) >= 11 is 0. The minimum atomic E-state index is -1.34. The summed E-state index contributed by atoms with van der Waals surface area (Å²) in [5.41, 5.74) is 0.639. The van der Waals surface area contributed by atoms with Crippen LogP contribution in [0, 0.1) is 10.1 Å². The van der Waals surface area contributed by atoms with Crippen molar-refractivity contribution >= 4 is 19.7 Å². The maximum atomic E-state index is 12.6. The van der Waals surface area contributed by atoms with Crippen LogP contribution in [0.4, 0.5) is 5.69 Å². The van der Waals surface area contributed by atoms with Gasteiger partial charge in [0.2, 0.25) is 0 Å². The van der Waals surface area contributed by atoms with Gasteiger partial charge < -0.3 is 18.9 Å². The second-order valence-electron chi connectivity index (χ2n) is 8.75. The van der Waals surface area contributed by atoms with Crippen molar-refractivity contribution in [2.45, 2.75) is 71.0 Å². The van der Waals surface area contributed by atoms with Gasteiger partial charge in [-0.2, -0.15) is 0 Å². The smallest absolute Gasteiger partial charge is 0.338 e. The van der Waals surface area contributed by atoms with E-state index in [2.05, 4.69) is 26.6 Å². The van der Waals surface area contributed by atoms with Crippen LogP contribution in [0.3, 0.4) is 0 Å². The molecule has 0 saturated carbocycles. The number of rotatable bonds is 16. The van der Waals surface area contributed by atoms with Crippen molar-refractivity contribution in [1.82, 2.24) is 0 Å². The Morgan fingerprint density at radius 3 is 2.58 bits per heavy atom. The third kappa shape index (κ3) is 11.4. The van der Waals surface area contributed by atoms with Crippen LogP contribution in [0.1, 0.15) is 48.5 Å². The highest BCUT2D eigenvalue weighted by Crippen LogP contribution is 2.21. The van der Waals surface area contributed by atoms with Gasteiger partial charge in [0, 0.05) is 27.3 Å². The summed E-state index contributed by atoms with van der Waals surface area (Å²) in [5, 5.41) is 11.2. The average molecular weight is 456 g/mol. The fourth-order valence-electron chi connectivity index (χ4n) is 2.84. The van der Waals surface area contributed by atoms with Gasteiger partial charge in [-0.1, -0.05) is 45.8 Å². The van der Waals surface area contributed by atoms with Crippen LogP contribution in [-0.4, -0.2) is 52.2 Å². The maximum absolute atomic E-state index is 12.6. The molecule has 0 N–H and O–H groups in total. The van der Waals surface area contributed by atoms with Crippen LogP contribution in [0.25, 0.3) is 0 Å². The first-order valence-corrected chi connectivity index (χ1v) is 14.5. The van der Waals surface area contributed by atoms with Crippen molar-refractivity contribution in [2.75, 3.05) is 27.1 Å². The molecule has 0 bridgehead atoms. The molecule has 1 unspecified atom stereocenters. The molecular weight excluding hydrogens is 418 g/mol. The lowest BCUT2D eigenvalue weighted by atomic mass is 10.1. The summed E-state index contributed by atoms with van der Waals surface area (Å²) in [4.78, 5) is 23.3. The zero-order valence-electron chi connectivity index (χ0n) is 19.5. The van der Waals surface area contributed by atoms with Gasteiger partial charge in [-0.25, -0.2) is 4.79 Å². The molecular formula is C22H37NO7Si. The molecule has 1 rings (SSSR count). The molecule has 0 spiro atoms. The minimum absolute atomic E-state index is 0.0563. The second-order valence-corrected chi connectivity index (χ2v) is 14.4. The van der Waals surface area contributed by atoms with Gasteiger partial charge in [0.1, 0.15) is 6.79 Å². The Hall–Kier alpha value is -1.81. The van der Waals surface area contributed by atoms with E-state index in [1.165, 1.54) is 18.2 Å². The number of hydrogen-bond donors (Lipinski definition) is 0. The molecule has 0 fully saturated rings. The molecule has 0 heterocycles. The zero-order chi connectivity index (χ0) is 23.3. The van der Waals surface area contributed by atoms with E-state index in [1.54, 1.807) is 7.11 Å². The summed E-state index contributed by atoms with van der Waals surface area (Å²) in [7, 11) is 0.226. The first-order chi connectivity index (χ1) is 14.7. The van der Waals surface area contributed by atoms with Gasteiger partial charge >= 0.3 is 5.97 Å². The first kappa shape index (κ1) is 27.2. The largest absolute Gasteiger partial charge is 0.462 e. The first-order valence-electron chi connectivity index (χ1n) is 10.8. The lowest BCUT2D eigenvalue weighted by Crippen LogP contribution is -2.23. The molecule has 0 aliphatic heterocycles. The van der Waals surface area contributed by atoms with Crippen LogP contribution < -0.4 is 0 Å². The van der Waals surface area contributed by atoms with E-state index in [9.17, 15) is 14.9 Å². The van der Waals surface area contributed by atoms with E-state index in [4.69, 9.17) is 18.9 Å². The molecule has 31 heavy (non-hydrogen) atoms. The van der Waals surface area contributed by atoms with Crippen LogP contribution in [0.5, 0.6) is 0 Å². The van der Waals surface area contributed by atoms with Crippen LogP contribution >= 0.6 is 0 Å². The number of hydrogen-bond acceptors (Lipinski definition) is 7. The van der Waals surface area contributed by atoms with Crippen LogP contribution in [0.15, 0.2) is 18.2 Å². The van der Waals surface area contributed by atoms with Crippen molar-refractivity contribution in [2.24, 2.45) is 0 Å². The highest BCUT2D eigenvalue weighted by molar-refractivity contribution is 6.76. The van der Waals surface area contributed by atoms with Crippen LogP contribution in [0.2, 0.25) is 25.7 Å². The molecule has 0 saturated heterocycles. The fraction of sp³-hybridized carbons (Fsp3) is 0.682. The fourth-order valence-corrected chi connectivity index (χ4v) is 3.56. The van der Waals surface area contributed by atoms with Crippen molar-refractivity contribution in [1.29, 1.82) is 0 Å². The number of esters is 1. The Kier molecular flexibility index (Phi) is 12.5. The van der Waals surface area contributed by atoms with Gasteiger partial charge in [0.05, 0.1) is 36.4 Å². The highest BCUT2D eigenvalue weighted by Gasteiger charge is 2.20. The molecule has 0 aliphatic rings. The monoisotopic (exact) mass is 455 g/mol. The minimum Gasteiger partial charge on any atom is -0.462 e. The molecule has 1 atom stereocenters. The third-order valence-corrected chi connectivity index (χ3v) is 6.42. The molecule has 8 nitrogen and oxygen atoms in total. The van der Waals surface area contributed by atoms with Gasteiger partial charge in [-0.05, 0) is 24.1 Å². The molecule has 1 aromatic carbocycles. The number of benzene rings is 1. The summed E-state index contributed by atoms with van der Waals surface area (Å²) in [6.45, 7) is 9.62. The van der Waals surface area contributed by atoms with Gasteiger partial charge in [0.25, 0.3) is 5.69 Å². The Morgan fingerprint density at radius 1 is 1.23 bits per heavy atom. The summed E-state index contributed by atoms with van der Waals surface area (Å²) in [6.07, 6.45) is 3.91. The Labute approximate surface area is 186 Å². The number of non-ortho nitro benzene ring substituents is 1. The number of carbonyl (C=O) groups excluding carboxylic acids is 1. The van der Waals surface area contributed by atoms with Crippen molar-refractivity contribution in [3.8, 4) is 0 Å². The normalized spacial score (nSPS) is 12.5. The summed E-state index contributed by atoms with van der Waals surface area (Å²) in [5.74, 6) is -0.484. The number of ether oxygens (including phenoxy) is 4. The van der Waals surface area contributed by atoms with Gasteiger partial charge in [-0.15, -0.1) is 0 Å². The zero-order valence-corrected chi connectivity index (χ0v) is 20.5. The second kappa shape index (κ2) is 14.3. The Bertz CT molecular complexity index is 691. The predicted molar refractivity (Wildman–Crippen MR) is 122 cm³/mol. The van der Waals surface area contributed by atoms with Crippen molar-refractivity contribution in [3.63, 3.8) is 0 Å². The predicted octanol–water partition coefficient (Wildman–Crippen LogP) is 5.18. The van der Waals surface area contributed by atoms with Gasteiger partial charge in [-0.3, -0.25) is 10.1 Å². The van der Waals surface area contributed by atoms with E-state index in [1.807, 2.05) is 0 Å². The average Bonchev–Trinajstić information content (AvgIpc) is 2.70. The molecule has 1 aromatic rings. The maximum Gasteiger partial charge on any atom is 0.338 e. The van der Waals surface area contributed by atoms with E-state index < -0.39 is 19.0 Å². The molecule has 0 amide bonds. The summed E-state index contributed by atoms with van der Waals surface area (Å²) < 4.78 is 21.9. The van der Waals surface area contributed by atoms with E-state index in [-0.39, 0.29) is 25.2 Å². The molecule has 0 aromatic heterocycles. The van der Waals surface area contributed by atoms with Crippen LogP contribution in [-0.2, 0) is 25.6 Å². The topological polar surface area (TPSA) is 97.1 Å². The lowest BCUT2D eigenvalue weighted by molar-refractivity contribution is -0.385. The molecule has 9 heteroatoms. The quantitative estimate of drug-likeness (QED) is 0.0846.